The van der Waals surface area contributed by atoms with Crippen molar-refractivity contribution in [2.75, 3.05) is 96.1 Å². The monoisotopic (exact) mass is 726 g/mol. The van der Waals surface area contributed by atoms with Crippen LogP contribution in [0.25, 0.3) is 11.1 Å². The number of carboxylic acids is 3. The Morgan fingerprint density at radius 1 is 0.673 bits per heavy atom. The number of nitrogen functional groups attached to an aromatic ring is 1. The summed E-state index contributed by atoms with van der Waals surface area (Å²) in [7, 11) is 0. The van der Waals surface area contributed by atoms with Crippen LogP contribution in [-0.2, 0) is 24.0 Å². The third-order valence-electron chi connectivity index (χ3n) is 9.06. The molecule has 286 valence electrons. The van der Waals surface area contributed by atoms with Gasteiger partial charge in [0.2, 0.25) is 11.8 Å². The van der Waals surface area contributed by atoms with Crippen LogP contribution in [0.2, 0.25) is 0 Å². The summed E-state index contributed by atoms with van der Waals surface area (Å²) in [5.41, 5.74) is 16.8. The molecule has 1 saturated heterocycles. The second-order valence-electron chi connectivity index (χ2n) is 13.3. The number of unbranched alkanes of at least 4 members (excludes halogenated alkanes) is 1. The van der Waals surface area contributed by atoms with Gasteiger partial charge in [-0.3, -0.25) is 43.6 Å². The molecule has 0 bridgehead atoms. The Morgan fingerprint density at radius 3 is 1.54 bits per heavy atom. The number of nitrogens with one attached hydrogen (secondary N) is 2. The van der Waals surface area contributed by atoms with E-state index in [0.717, 1.165) is 22.3 Å². The van der Waals surface area contributed by atoms with E-state index in [-0.39, 0.29) is 84.4 Å². The van der Waals surface area contributed by atoms with Crippen molar-refractivity contribution in [1.82, 2.24) is 24.9 Å². The number of amides is 2. The van der Waals surface area contributed by atoms with Crippen LogP contribution in [0.15, 0.2) is 36.4 Å². The summed E-state index contributed by atoms with van der Waals surface area (Å²) in [6.45, 7) is 5.54. The minimum absolute atomic E-state index is 0.109. The smallest absolute Gasteiger partial charge is 0.317 e. The van der Waals surface area contributed by atoms with E-state index < -0.39 is 29.9 Å². The zero-order valence-corrected chi connectivity index (χ0v) is 30.2. The number of anilines is 2. The van der Waals surface area contributed by atoms with Crippen LogP contribution in [-0.4, -0.2) is 156 Å². The Balaban J connectivity index is 1.74. The van der Waals surface area contributed by atoms with Crippen molar-refractivity contribution in [3.8, 4) is 11.1 Å². The van der Waals surface area contributed by atoms with Crippen molar-refractivity contribution >= 4 is 41.1 Å². The lowest BCUT2D eigenvalue weighted by Crippen LogP contribution is -2.51. The van der Waals surface area contributed by atoms with E-state index in [1.807, 2.05) is 55.1 Å². The van der Waals surface area contributed by atoms with Gasteiger partial charge in [0.1, 0.15) is 6.04 Å². The lowest BCUT2D eigenvalue weighted by atomic mass is 10.00. The van der Waals surface area contributed by atoms with E-state index in [1.54, 1.807) is 14.7 Å². The van der Waals surface area contributed by atoms with Crippen molar-refractivity contribution in [2.24, 2.45) is 5.73 Å². The first-order valence-corrected chi connectivity index (χ1v) is 17.6. The van der Waals surface area contributed by atoms with Crippen molar-refractivity contribution in [1.29, 1.82) is 0 Å². The molecule has 0 saturated carbocycles. The number of hydrogen-bond acceptors (Lipinski definition) is 11. The maximum Gasteiger partial charge on any atom is 0.317 e. The molecular formula is C36H54N8O8. The molecule has 0 unspecified atom stereocenters. The quantitative estimate of drug-likeness (QED) is 0.0927. The number of aryl methyl sites for hydroxylation is 2. The molecule has 3 rings (SSSR count). The van der Waals surface area contributed by atoms with Gasteiger partial charge in [-0.1, -0.05) is 12.1 Å². The van der Waals surface area contributed by atoms with Gasteiger partial charge in [-0.2, -0.15) is 0 Å². The predicted octanol–water partition coefficient (Wildman–Crippen LogP) is 0.580. The van der Waals surface area contributed by atoms with E-state index in [1.165, 1.54) is 0 Å². The average molecular weight is 727 g/mol. The zero-order valence-electron chi connectivity index (χ0n) is 30.2. The van der Waals surface area contributed by atoms with Crippen LogP contribution < -0.4 is 22.1 Å². The Morgan fingerprint density at radius 2 is 1.12 bits per heavy atom. The zero-order chi connectivity index (χ0) is 38.2. The first kappa shape index (κ1) is 41.8. The molecule has 0 spiro atoms. The van der Waals surface area contributed by atoms with Crippen molar-refractivity contribution < 1.29 is 39.3 Å². The number of hydrogen-bond donors (Lipinski definition) is 7. The summed E-state index contributed by atoms with van der Waals surface area (Å²) < 4.78 is 0. The van der Waals surface area contributed by atoms with Crippen LogP contribution in [0.3, 0.4) is 0 Å². The van der Waals surface area contributed by atoms with Gasteiger partial charge in [0, 0.05) is 63.7 Å². The number of rotatable bonds is 16. The topological polar surface area (TPSA) is 235 Å². The molecule has 1 heterocycles. The second kappa shape index (κ2) is 21.0. The van der Waals surface area contributed by atoms with Crippen LogP contribution in [0.4, 0.5) is 11.4 Å². The van der Waals surface area contributed by atoms with Gasteiger partial charge in [0.05, 0.1) is 26.2 Å². The molecule has 2 aromatic rings. The van der Waals surface area contributed by atoms with Crippen LogP contribution in [0.1, 0.15) is 30.4 Å². The van der Waals surface area contributed by atoms with Gasteiger partial charge in [0.25, 0.3) is 0 Å². The Kier molecular flexibility index (Phi) is 16.9. The molecular weight excluding hydrogens is 672 g/mol. The largest absolute Gasteiger partial charge is 0.480 e. The number of carbonyl (C=O) groups excluding carboxylic acids is 2. The molecule has 1 atom stereocenters. The highest BCUT2D eigenvalue weighted by Crippen LogP contribution is 2.27. The van der Waals surface area contributed by atoms with Gasteiger partial charge in [0.15, 0.2) is 0 Å². The molecule has 16 heteroatoms. The number of aliphatic carboxylic acids is 3. The average Bonchev–Trinajstić information content (AvgIpc) is 3.07. The SMILES string of the molecule is Cc1cc(-c2ccc(NC(=O)[C@H](CCCCN)NC(=O)CN3CCN(CC(=O)O)CCN(CC(=O)O)CCN(CC(=O)O)CC3)c(C)c2)ccc1N. The minimum Gasteiger partial charge on any atom is -0.480 e. The normalized spacial score (nSPS) is 16.3. The molecule has 1 aliphatic rings. The van der Waals surface area contributed by atoms with Crippen LogP contribution in [0, 0.1) is 13.8 Å². The summed E-state index contributed by atoms with van der Waals surface area (Å²) in [5.74, 6) is -3.89. The fraction of sp³-hybridized carbons (Fsp3) is 0.528. The molecule has 0 radical (unpaired) electrons. The van der Waals surface area contributed by atoms with Crippen molar-refractivity contribution in [3.05, 3.63) is 47.5 Å². The summed E-state index contributed by atoms with van der Waals surface area (Å²) in [6, 6.07) is 10.7. The summed E-state index contributed by atoms with van der Waals surface area (Å²) in [4.78, 5) is 68.7. The number of carbonyl (C=O) groups is 5. The maximum atomic E-state index is 13.6. The van der Waals surface area contributed by atoms with E-state index >= 15 is 0 Å². The van der Waals surface area contributed by atoms with Crippen molar-refractivity contribution in [2.45, 2.75) is 39.2 Å². The number of nitrogens with zero attached hydrogens (tertiary/aromatic N) is 4. The summed E-state index contributed by atoms with van der Waals surface area (Å²) in [6.07, 6.45) is 1.64. The Bertz CT molecular complexity index is 1510. The van der Waals surface area contributed by atoms with E-state index in [2.05, 4.69) is 10.6 Å². The van der Waals surface area contributed by atoms with E-state index in [9.17, 15) is 39.3 Å². The lowest BCUT2D eigenvalue weighted by molar-refractivity contribution is -0.140. The molecule has 16 nitrogen and oxygen atoms in total. The molecule has 2 aromatic carbocycles. The molecule has 2 amide bonds. The van der Waals surface area contributed by atoms with Gasteiger partial charge in [-0.25, -0.2) is 0 Å². The number of benzene rings is 2. The maximum absolute atomic E-state index is 13.6. The third-order valence-corrected chi connectivity index (χ3v) is 9.06. The second-order valence-corrected chi connectivity index (χ2v) is 13.3. The highest BCUT2D eigenvalue weighted by atomic mass is 16.4. The molecule has 9 N–H and O–H groups in total. The highest BCUT2D eigenvalue weighted by molar-refractivity contribution is 5.98. The number of carboxylic acid groups (broad SMARTS) is 3. The molecule has 52 heavy (non-hydrogen) atoms. The molecule has 1 fully saturated rings. The highest BCUT2D eigenvalue weighted by Gasteiger charge is 2.25. The van der Waals surface area contributed by atoms with Crippen LogP contribution in [0.5, 0.6) is 0 Å². The summed E-state index contributed by atoms with van der Waals surface area (Å²) >= 11 is 0. The standard InChI is InChI=1S/C36H54N8O8/c1-25-19-27(6-8-29(25)38)28-7-9-30(26(2)20-28)40-36(52)31(5-3-4-10-37)39-32(45)21-41-11-13-42(22-33(46)47)15-17-44(24-35(50)51)18-16-43(14-12-41)23-34(48)49/h6-9,19-20,31H,3-5,10-18,21-24,37-38H2,1-2H3,(H,39,45)(H,40,52)(H,46,47)(H,48,49)(H,50,51)/t31-/m0/s1. The first-order chi connectivity index (χ1) is 24.7. The first-order valence-electron chi connectivity index (χ1n) is 17.6. The van der Waals surface area contributed by atoms with E-state index in [4.69, 9.17) is 11.5 Å². The fourth-order valence-electron chi connectivity index (χ4n) is 6.05. The minimum atomic E-state index is -1.04. The fourth-order valence-corrected chi connectivity index (χ4v) is 6.05. The molecule has 0 aromatic heterocycles. The lowest BCUT2D eigenvalue weighted by Gasteiger charge is -2.33. The molecule has 1 aliphatic heterocycles. The Labute approximate surface area is 304 Å². The molecule has 0 aliphatic carbocycles. The van der Waals surface area contributed by atoms with Gasteiger partial charge in [-0.15, -0.1) is 0 Å². The van der Waals surface area contributed by atoms with Gasteiger partial charge < -0.3 is 37.4 Å². The third kappa shape index (κ3) is 14.6. The van der Waals surface area contributed by atoms with E-state index in [0.29, 0.717) is 37.2 Å². The predicted molar refractivity (Wildman–Crippen MR) is 198 cm³/mol. The van der Waals surface area contributed by atoms with Crippen LogP contribution >= 0.6 is 0 Å². The van der Waals surface area contributed by atoms with Gasteiger partial charge in [-0.05, 0) is 86.2 Å². The summed E-state index contributed by atoms with van der Waals surface area (Å²) in [5, 5.41) is 34.2. The number of nitrogens with two attached hydrogens (primary N) is 2. The van der Waals surface area contributed by atoms with Gasteiger partial charge >= 0.3 is 17.9 Å². The Hall–Kier alpha value is -4.61. The van der Waals surface area contributed by atoms with Crippen molar-refractivity contribution in [3.63, 3.8) is 0 Å².